The van der Waals surface area contributed by atoms with Gasteiger partial charge in [-0.25, -0.2) is 0 Å². The van der Waals surface area contributed by atoms with Crippen molar-refractivity contribution in [2.24, 2.45) is 0 Å². The van der Waals surface area contributed by atoms with Gasteiger partial charge in [0.2, 0.25) is 5.91 Å². The minimum absolute atomic E-state index is 0.120. The van der Waals surface area contributed by atoms with Crippen LogP contribution in [0.4, 0.5) is 0 Å². The van der Waals surface area contributed by atoms with E-state index >= 15 is 0 Å². The molecule has 7 heteroatoms. The van der Waals surface area contributed by atoms with Crippen LogP contribution in [0.1, 0.15) is 18.4 Å². The molecule has 0 saturated carbocycles. The largest absolute Gasteiger partial charge is 0.491 e. The number of carbonyl (C=O) groups excluding carboxylic acids is 1. The first-order valence-electron chi connectivity index (χ1n) is 8.04. The van der Waals surface area contributed by atoms with Gasteiger partial charge < -0.3 is 19.9 Å². The first-order chi connectivity index (χ1) is 11.6. The summed E-state index contributed by atoms with van der Waals surface area (Å²) in [6.45, 7) is 2.20. The zero-order valence-electron chi connectivity index (χ0n) is 13.9. The molecule has 1 aliphatic heterocycles. The lowest BCUT2D eigenvalue weighted by Crippen LogP contribution is -2.42. The number of carboxylic acids is 1. The van der Waals surface area contributed by atoms with Gasteiger partial charge in [-0.3, -0.25) is 14.5 Å². The van der Waals surface area contributed by atoms with Gasteiger partial charge in [-0.1, -0.05) is 12.1 Å². The van der Waals surface area contributed by atoms with Crippen molar-refractivity contribution in [3.8, 4) is 5.75 Å². The molecular weight excluding hydrogens is 312 g/mol. The maximum atomic E-state index is 12.0. The number of nitrogens with zero attached hydrogens (tertiary/aromatic N) is 1. The zero-order valence-corrected chi connectivity index (χ0v) is 13.9. The van der Waals surface area contributed by atoms with Crippen LogP contribution in [0.5, 0.6) is 5.75 Å². The fourth-order valence-electron chi connectivity index (χ4n) is 2.68. The van der Waals surface area contributed by atoms with Crippen molar-refractivity contribution in [2.45, 2.75) is 25.4 Å². The Labute approximate surface area is 141 Å². The van der Waals surface area contributed by atoms with Crippen LogP contribution >= 0.6 is 0 Å². The fourth-order valence-corrected chi connectivity index (χ4v) is 2.68. The van der Waals surface area contributed by atoms with Gasteiger partial charge in [0.1, 0.15) is 18.4 Å². The number of likely N-dealkylation sites (tertiary alicyclic amines) is 1. The number of rotatable bonds is 9. The highest BCUT2D eigenvalue weighted by atomic mass is 16.5. The third-order valence-corrected chi connectivity index (χ3v) is 3.96. The number of carboxylic acid groups (broad SMARTS) is 1. The van der Waals surface area contributed by atoms with E-state index in [0.717, 1.165) is 17.7 Å². The number of nitrogens with one attached hydrogen (secondary N) is 1. The first kappa shape index (κ1) is 18.2. The van der Waals surface area contributed by atoms with Gasteiger partial charge in [0, 0.05) is 13.7 Å². The topological polar surface area (TPSA) is 88.1 Å². The molecule has 132 valence electrons. The number of benzene rings is 1. The average molecular weight is 336 g/mol. The smallest absolute Gasteiger partial charge is 0.320 e. The highest BCUT2D eigenvalue weighted by Gasteiger charge is 2.31. The van der Waals surface area contributed by atoms with Crippen molar-refractivity contribution < 1.29 is 24.2 Å². The first-order valence-corrected chi connectivity index (χ1v) is 8.04. The van der Waals surface area contributed by atoms with Crippen molar-refractivity contribution >= 4 is 11.9 Å². The summed E-state index contributed by atoms with van der Waals surface area (Å²) in [5, 5.41) is 11.9. The molecule has 1 amide bonds. The molecule has 1 aromatic carbocycles. The summed E-state index contributed by atoms with van der Waals surface area (Å²) in [5.41, 5.74) is 0.957. The number of carbonyl (C=O) groups is 2. The lowest BCUT2D eigenvalue weighted by Gasteiger charge is -2.20. The molecule has 0 unspecified atom stereocenters. The van der Waals surface area contributed by atoms with Crippen molar-refractivity contribution in [1.29, 1.82) is 0 Å². The van der Waals surface area contributed by atoms with Crippen LogP contribution in [-0.2, 0) is 20.9 Å². The second-order valence-corrected chi connectivity index (χ2v) is 5.73. The molecule has 0 radical (unpaired) electrons. The van der Waals surface area contributed by atoms with Crippen molar-refractivity contribution in [2.75, 3.05) is 33.4 Å². The van der Waals surface area contributed by atoms with Gasteiger partial charge in [-0.05, 0) is 37.1 Å². The van der Waals surface area contributed by atoms with Gasteiger partial charge in [-0.15, -0.1) is 0 Å². The van der Waals surface area contributed by atoms with E-state index in [1.165, 1.54) is 0 Å². The lowest BCUT2D eigenvalue weighted by molar-refractivity contribution is -0.142. The number of ether oxygens (including phenoxy) is 2. The SMILES string of the molecule is COCCOc1ccc(CNC(=O)CN2CCC[C@H]2C(=O)O)cc1. The van der Waals surface area contributed by atoms with E-state index in [4.69, 9.17) is 14.6 Å². The monoisotopic (exact) mass is 336 g/mol. The number of amides is 1. The second-order valence-electron chi connectivity index (χ2n) is 5.73. The number of methoxy groups -OCH3 is 1. The Kier molecular flexibility index (Phi) is 7.02. The highest BCUT2D eigenvalue weighted by molar-refractivity contribution is 5.80. The molecule has 0 aliphatic carbocycles. The summed E-state index contributed by atoms with van der Waals surface area (Å²) in [4.78, 5) is 24.8. The van der Waals surface area contributed by atoms with E-state index in [2.05, 4.69) is 5.32 Å². The molecule has 1 atom stereocenters. The maximum Gasteiger partial charge on any atom is 0.320 e. The van der Waals surface area contributed by atoms with Crippen LogP contribution < -0.4 is 10.1 Å². The van der Waals surface area contributed by atoms with Crippen molar-refractivity contribution in [3.05, 3.63) is 29.8 Å². The van der Waals surface area contributed by atoms with Gasteiger partial charge in [0.05, 0.1) is 13.2 Å². The van der Waals surface area contributed by atoms with Gasteiger partial charge in [-0.2, -0.15) is 0 Å². The van der Waals surface area contributed by atoms with Crippen LogP contribution in [0.15, 0.2) is 24.3 Å². The number of hydrogen-bond acceptors (Lipinski definition) is 5. The molecule has 1 aliphatic rings. The van der Waals surface area contributed by atoms with E-state index in [1.54, 1.807) is 12.0 Å². The standard InChI is InChI=1S/C17H24N2O5/c1-23-9-10-24-14-6-4-13(5-7-14)11-18-16(20)12-19-8-2-3-15(19)17(21)22/h4-7,15H,2-3,8-12H2,1H3,(H,18,20)(H,21,22)/t15-/m0/s1. The van der Waals surface area contributed by atoms with Crippen molar-refractivity contribution in [1.82, 2.24) is 10.2 Å². The number of aliphatic carboxylic acids is 1. The molecule has 1 heterocycles. The zero-order chi connectivity index (χ0) is 17.4. The maximum absolute atomic E-state index is 12.0. The van der Waals surface area contributed by atoms with Gasteiger partial charge in [0.25, 0.3) is 0 Å². The normalized spacial score (nSPS) is 17.6. The molecule has 2 N–H and O–H groups in total. The summed E-state index contributed by atoms with van der Waals surface area (Å²) in [6.07, 6.45) is 1.42. The fraction of sp³-hybridized carbons (Fsp3) is 0.529. The summed E-state index contributed by atoms with van der Waals surface area (Å²) >= 11 is 0. The second kappa shape index (κ2) is 9.24. The van der Waals surface area contributed by atoms with Gasteiger partial charge in [0.15, 0.2) is 0 Å². The highest BCUT2D eigenvalue weighted by Crippen LogP contribution is 2.16. The molecule has 0 bridgehead atoms. The quantitative estimate of drug-likeness (QED) is 0.651. The molecule has 24 heavy (non-hydrogen) atoms. The molecule has 1 fully saturated rings. The minimum Gasteiger partial charge on any atom is -0.491 e. The predicted molar refractivity (Wildman–Crippen MR) is 87.9 cm³/mol. The summed E-state index contributed by atoms with van der Waals surface area (Å²) in [6, 6.07) is 6.92. The summed E-state index contributed by atoms with van der Waals surface area (Å²) in [5.74, 6) is -0.267. The van der Waals surface area contributed by atoms with Crippen LogP contribution in [0, 0.1) is 0 Å². The number of hydrogen-bond donors (Lipinski definition) is 2. The van der Waals surface area contributed by atoms with Crippen LogP contribution in [0.2, 0.25) is 0 Å². The molecule has 0 spiro atoms. The predicted octanol–water partition coefficient (Wildman–Crippen LogP) is 0.877. The van der Waals surface area contributed by atoms with E-state index in [-0.39, 0.29) is 12.5 Å². The third kappa shape index (κ3) is 5.50. The van der Waals surface area contributed by atoms with Gasteiger partial charge >= 0.3 is 5.97 Å². The van der Waals surface area contributed by atoms with Crippen molar-refractivity contribution in [3.63, 3.8) is 0 Å². The Balaban J connectivity index is 1.74. The molecule has 0 aromatic heterocycles. The molecule has 1 saturated heterocycles. The van der Waals surface area contributed by atoms with Crippen LogP contribution in [0.25, 0.3) is 0 Å². The minimum atomic E-state index is -0.857. The summed E-state index contributed by atoms with van der Waals surface area (Å²) < 4.78 is 10.4. The third-order valence-electron chi connectivity index (χ3n) is 3.96. The lowest BCUT2D eigenvalue weighted by atomic mass is 10.2. The Morgan fingerprint density at radius 2 is 2.04 bits per heavy atom. The van der Waals surface area contributed by atoms with E-state index in [1.807, 2.05) is 24.3 Å². The Morgan fingerprint density at radius 3 is 2.71 bits per heavy atom. The van der Waals surface area contributed by atoms with E-state index < -0.39 is 12.0 Å². The molecule has 1 aromatic rings. The average Bonchev–Trinajstić information content (AvgIpc) is 3.03. The van der Waals surface area contributed by atoms with E-state index in [9.17, 15) is 9.59 Å². The summed E-state index contributed by atoms with van der Waals surface area (Å²) in [7, 11) is 1.62. The Morgan fingerprint density at radius 1 is 1.29 bits per heavy atom. The van der Waals surface area contributed by atoms with E-state index in [0.29, 0.717) is 32.7 Å². The Hall–Kier alpha value is -2.12. The molecule has 7 nitrogen and oxygen atoms in total. The Bertz CT molecular complexity index is 546. The molecule has 2 rings (SSSR count). The van der Waals surface area contributed by atoms with Crippen LogP contribution in [0.3, 0.4) is 0 Å². The van der Waals surface area contributed by atoms with Crippen LogP contribution in [-0.4, -0.2) is 61.3 Å². The molecular formula is C17H24N2O5.